The maximum absolute atomic E-state index is 12.4. The van der Waals surface area contributed by atoms with Crippen LogP contribution in [0, 0.1) is 0 Å². The van der Waals surface area contributed by atoms with Crippen molar-refractivity contribution in [2.75, 3.05) is 0 Å². The zero-order chi connectivity index (χ0) is 10.3. The number of hydrogen-bond acceptors (Lipinski definition) is 3. The minimum atomic E-state index is -4.44. The fourth-order valence-corrected chi connectivity index (χ4v) is 2.01. The molecule has 0 fully saturated rings. The van der Waals surface area contributed by atoms with Gasteiger partial charge in [0.25, 0.3) is 0 Å². The summed E-state index contributed by atoms with van der Waals surface area (Å²) in [5.74, 6) is 0. The normalized spacial score (nSPS) is 12.3. The number of aromatic nitrogens is 2. The van der Waals surface area contributed by atoms with E-state index in [0.717, 1.165) is 17.6 Å². The SMILES string of the molecule is FC(F)(F)c1ccc2nnsc2c1Cl. The molecular formula is C7H2ClF3N2S. The third-order valence-corrected chi connectivity index (χ3v) is 2.93. The number of alkyl halides is 3. The van der Waals surface area contributed by atoms with E-state index in [-0.39, 0.29) is 9.72 Å². The molecule has 0 bridgehead atoms. The van der Waals surface area contributed by atoms with Gasteiger partial charge < -0.3 is 0 Å². The minimum Gasteiger partial charge on any atom is -0.166 e. The predicted molar refractivity (Wildman–Crippen MR) is 47.4 cm³/mol. The second-order valence-electron chi connectivity index (χ2n) is 2.55. The van der Waals surface area contributed by atoms with Gasteiger partial charge in [-0.1, -0.05) is 16.1 Å². The van der Waals surface area contributed by atoms with Gasteiger partial charge in [0.15, 0.2) is 0 Å². The quantitative estimate of drug-likeness (QED) is 0.703. The Kier molecular flexibility index (Phi) is 2.11. The van der Waals surface area contributed by atoms with E-state index >= 15 is 0 Å². The Morgan fingerprint density at radius 2 is 2.00 bits per heavy atom. The molecule has 0 amide bonds. The Balaban J connectivity index is 2.74. The first kappa shape index (κ1) is 9.67. The maximum Gasteiger partial charge on any atom is 0.417 e. The Labute approximate surface area is 85.5 Å². The molecule has 0 aliphatic carbocycles. The molecule has 1 aromatic carbocycles. The highest BCUT2D eigenvalue weighted by Crippen LogP contribution is 2.38. The minimum absolute atomic E-state index is 0.265. The molecule has 0 unspecified atom stereocenters. The van der Waals surface area contributed by atoms with Crippen LogP contribution < -0.4 is 0 Å². The molecule has 2 aromatic rings. The van der Waals surface area contributed by atoms with Crippen LogP contribution in [0.15, 0.2) is 12.1 Å². The van der Waals surface area contributed by atoms with Crippen LogP contribution in [-0.4, -0.2) is 9.59 Å². The van der Waals surface area contributed by atoms with Crippen LogP contribution in [0.25, 0.3) is 10.2 Å². The van der Waals surface area contributed by atoms with E-state index in [1.165, 1.54) is 6.07 Å². The predicted octanol–water partition coefficient (Wildman–Crippen LogP) is 3.36. The Bertz CT molecular complexity index is 479. The van der Waals surface area contributed by atoms with E-state index < -0.39 is 11.7 Å². The van der Waals surface area contributed by atoms with E-state index in [4.69, 9.17) is 11.6 Å². The number of nitrogens with zero attached hydrogens (tertiary/aromatic N) is 2. The zero-order valence-electron chi connectivity index (χ0n) is 6.47. The van der Waals surface area contributed by atoms with Crippen molar-refractivity contribution in [3.63, 3.8) is 0 Å². The molecule has 14 heavy (non-hydrogen) atoms. The first-order valence-corrected chi connectivity index (χ1v) is 4.63. The van der Waals surface area contributed by atoms with Gasteiger partial charge in [0.05, 0.1) is 15.3 Å². The lowest BCUT2D eigenvalue weighted by atomic mass is 10.2. The van der Waals surface area contributed by atoms with Gasteiger partial charge in [-0.25, -0.2) is 0 Å². The van der Waals surface area contributed by atoms with Crippen LogP contribution in [0.3, 0.4) is 0 Å². The lowest BCUT2D eigenvalue weighted by Crippen LogP contribution is -2.05. The summed E-state index contributed by atoms with van der Waals surface area (Å²) < 4.78 is 40.9. The molecule has 0 spiro atoms. The molecule has 0 saturated heterocycles. The molecule has 74 valence electrons. The molecule has 0 N–H and O–H groups in total. The van der Waals surface area contributed by atoms with Crippen molar-refractivity contribution < 1.29 is 13.2 Å². The molecule has 0 atom stereocenters. The van der Waals surface area contributed by atoms with E-state index in [0.29, 0.717) is 5.52 Å². The van der Waals surface area contributed by atoms with Gasteiger partial charge in [0, 0.05) is 0 Å². The Morgan fingerprint density at radius 1 is 1.29 bits per heavy atom. The topological polar surface area (TPSA) is 25.8 Å². The van der Waals surface area contributed by atoms with Crippen molar-refractivity contribution in [2.24, 2.45) is 0 Å². The van der Waals surface area contributed by atoms with Gasteiger partial charge in [0.2, 0.25) is 0 Å². The van der Waals surface area contributed by atoms with Crippen LogP contribution in [0.5, 0.6) is 0 Å². The third-order valence-electron chi connectivity index (χ3n) is 1.66. The molecule has 1 heterocycles. The summed E-state index contributed by atoms with van der Waals surface area (Å²) >= 11 is 6.43. The van der Waals surface area contributed by atoms with Gasteiger partial charge in [-0.2, -0.15) is 13.2 Å². The van der Waals surface area contributed by atoms with E-state index in [2.05, 4.69) is 9.59 Å². The number of fused-ring (bicyclic) bond motifs is 1. The van der Waals surface area contributed by atoms with E-state index in [1.807, 2.05) is 0 Å². The fraction of sp³-hybridized carbons (Fsp3) is 0.143. The van der Waals surface area contributed by atoms with Gasteiger partial charge in [0.1, 0.15) is 5.52 Å². The molecular weight excluding hydrogens is 237 g/mol. The first-order chi connectivity index (χ1) is 6.50. The monoisotopic (exact) mass is 238 g/mol. The van der Waals surface area contributed by atoms with Crippen molar-refractivity contribution in [3.05, 3.63) is 22.7 Å². The molecule has 2 rings (SSSR count). The summed E-state index contributed by atoms with van der Waals surface area (Å²) in [5.41, 5.74) is -0.467. The zero-order valence-corrected chi connectivity index (χ0v) is 8.04. The van der Waals surface area contributed by atoms with Crippen LogP contribution in [0.4, 0.5) is 13.2 Å². The van der Waals surface area contributed by atoms with Crippen molar-refractivity contribution in [3.8, 4) is 0 Å². The summed E-state index contributed by atoms with van der Waals surface area (Å²) in [7, 11) is 0. The summed E-state index contributed by atoms with van der Waals surface area (Å²) in [6.45, 7) is 0. The fourth-order valence-electron chi connectivity index (χ4n) is 1.04. The average Bonchev–Trinajstić information content (AvgIpc) is 2.50. The number of halogens is 4. The van der Waals surface area contributed by atoms with Crippen LogP contribution in [-0.2, 0) is 6.18 Å². The summed E-state index contributed by atoms with van der Waals surface area (Å²) in [5, 5.41) is 3.29. The highest BCUT2D eigenvalue weighted by molar-refractivity contribution is 7.13. The molecule has 7 heteroatoms. The van der Waals surface area contributed by atoms with Crippen molar-refractivity contribution in [2.45, 2.75) is 6.18 Å². The standard InChI is InChI=1S/C7H2ClF3N2S/c8-5-3(7(9,10)11)1-2-4-6(5)14-13-12-4/h1-2H. The summed E-state index contributed by atoms with van der Waals surface area (Å²) in [6, 6.07) is 2.17. The van der Waals surface area contributed by atoms with Crippen molar-refractivity contribution >= 4 is 33.4 Å². The van der Waals surface area contributed by atoms with Crippen LogP contribution in [0.1, 0.15) is 5.56 Å². The number of hydrogen-bond donors (Lipinski definition) is 0. The van der Waals surface area contributed by atoms with Gasteiger partial charge >= 0.3 is 6.18 Å². The third kappa shape index (κ3) is 1.44. The Hall–Kier alpha value is -0.880. The second-order valence-corrected chi connectivity index (χ2v) is 3.68. The van der Waals surface area contributed by atoms with Gasteiger partial charge in [-0.05, 0) is 23.7 Å². The molecule has 0 saturated carbocycles. The van der Waals surface area contributed by atoms with Crippen LogP contribution in [0.2, 0.25) is 5.02 Å². The summed E-state index contributed by atoms with van der Waals surface area (Å²) in [6.07, 6.45) is -4.44. The summed E-state index contributed by atoms with van der Waals surface area (Å²) in [4.78, 5) is 0. The lowest BCUT2D eigenvalue weighted by Gasteiger charge is -2.07. The van der Waals surface area contributed by atoms with E-state index in [9.17, 15) is 13.2 Å². The van der Waals surface area contributed by atoms with Crippen LogP contribution >= 0.6 is 23.1 Å². The smallest absolute Gasteiger partial charge is 0.166 e. The Morgan fingerprint density at radius 3 is 2.64 bits per heavy atom. The highest BCUT2D eigenvalue weighted by atomic mass is 35.5. The van der Waals surface area contributed by atoms with Crippen molar-refractivity contribution in [1.82, 2.24) is 9.59 Å². The van der Waals surface area contributed by atoms with E-state index in [1.54, 1.807) is 0 Å². The van der Waals surface area contributed by atoms with Gasteiger partial charge in [-0.15, -0.1) is 5.10 Å². The number of rotatable bonds is 0. The largest absolute Gasteiger partial charge is 0.417 e. The second kappa shape index (κ2) is 3.06. The molecule has 0 aliphatic heterocycles. The molecule has 1 aromatic heterocycles. The lowest BCUT2D eigenvalue weighted by molar-refractivity contribution is -0.137. The molecule has 0 aliphatic rings. The average molecular weight is 239 g/mol. The molecule has 0 radical (unpaired) electrons. The van der Waals surface area contributed by atoms with Crippen molar-refractivity contribution in [1.29, 1.82) is 0 Å². The van der Waals surface area contributed by atoms with Gasteiger partial charge in [-0.3, -0.25) is 0 Å². The molecule has 2 nitrogen and oxygen atoms in total. The first-order valence-electron chi connectivity index (χ1n) is 3.48. The maximum atomic E-state index is 12.4. The highest BCUT2D eigenvalue weighted by Gasteiger charge is 2.34. The number of benzene rings is 1.